The van der Waals surface area contributed by atoms with Crippen LogP contribution >= 0.6 is 0 Å². The van der Waals surface area contributed by atoms with Crippen molar-refractivity contribution in [2.24, 2.45) is 0 Å². The fourth-order valence-electron chi connectivity index (χ4n) is 1.31. The maximum atomic E-state index is 11.6. The standard InChI is InChI=1S/C10H10N6O3/c17-9(7-3-11-6-12-4-7)13-1-2-16-5-8(10(18)19)14-15-16/h3-6H,1-2H2,(H,13,17)(H,18,19). The minimum Gasteiger partial charge on any atom is -0.476 e. The van der Waals surface area contributed by atoms with E-state index in [4.69, 9.17) is 5.11 Å². The van der Waals surface area contributed by atoms with E-state index in [9.17, 15) is 9.59 Å². The summed E-state index contributed by atoms with van der Waals surface area (Å²) in [7, 11) is 0. The second-order valence-electron chi connectivity index (χ2n) is 3.56. The molecule has 19 heavy (non-hydrogen) atoms. The molecule has 98 valence electrons. The second-order valence-corrected chi connectivity index (χ2v) is 3.56. The number of nitrogens with zero attached hydrogens (tertiary/aromatic N) is 5. The van der Waals surface area contributed by atoms with E-state index in [1.807, 2.05) is 0 Å². The fourth-order valence-corrected chi connectivity index (χ4v) is 1.31. The number of hydrogen-bond donors (Lipinski definition) is 2. The van der Waals surface area contributed by atoms with Crippen LogP contribution in [-0.4, -0.2) is 48.5 Å². The lowest BCUT2D eigenvalue weighted by molar-refractivity contribution is 0.0690. The molecule has 0 radical (unpaired) electrons. The fraction of sp³-hybridized carbons (Fsp3) is 0.200. The second kappa shape index (κ2) is 5.67. The van der Waals surface area contributed by atoms with Gasteiger partial charge in [-0.3, -0.25) is 4.79 Å². The molecule has 2 heterocycles. The largest absolute Gasteiger partial charge is 0.476 e. The van der Waals surface area contributed by atoms with Crippen molar-refractivity contribution in [2.75, 3.05) is 6.54 Å². The Bertz CT molecular complexity index is 582. The maximum Gasteiger partial charge on any atom is 0.358 e. The quantitative estimate of drug-likeness (QED) is 0.722. The Labute approximate surface area is 107 Å². The molecular weight excluding hydrogens is 252 g/mol. The Balaban J connectivity index is 1.83. The molecule has 0 aliphatic heterocycles. The molecule has 0 spiro atoms. The van der Waals surface area contributed by atoms with E-state index in [1.54, 1.807) is 0 Å². The summed E-state index contributed by atoms with van der Waals surface area (Å²) >= 11 is 0. The Hall–Kier alpha value is -2.84. The average molecular weight is 262 g/mol. The highest BCUT2D eigenvalue weighted by Gasteiger charge is 2.08. The lowest BCUT2D eigenvalue weighted by Gasteiger charge is -2.03. The summed E-state index contributed by atoms with van der Waals surface area (Å²) in [5, 5.41) is 18.4. The summed E-state index contributed by atoms with van der Waals surface area (Å²) in [4.78, 5) is 29.7. The topological polar surface area (TPSA) is 123 Å². The number of nitrogens with one attached hydrogen (secondary N) is 1. The van der Waals surface area contributed by atoms with Crippen molar-refractivity contribution in [1.82, 2.24) is 30.3 Å². The minimum absolute atomic E-state index is 0.136. The number of carbonyl (C=O) groups excluding carboxylic acids is 1. The van der Waals surface area contributed by atoms with Gasteiger partial charge in [0.2, 0.25) is 0 Å². The van der Waals surface area contributed by atoms with Crippen LogP contribution in [0, 0.1) is 0 Å². The van der Waals surface area contributed by atoms with Gasteiger partial charge in [-0.25, -0.2) is 19.4 Å². The van der Waals surface area contributed by atoms with Crippen molar-refractivity contribution in [3.63, 3.8) is 0 Å². The van der Waals surface area contributed by atoms with Crippen molar-refractivity contribution in [3.05, 3.63) is 36.2 Å². The van der Waals surface area contributed by atoms with Crippen LogP contribution in [0.4, 0.5) is 0 Å². The van der Waals surface area contributed by atoms with Gasteiger partial charge in [0.05, 0.1) is 18.3 Å². The Kier molecular flexibility index (Phi) is 3.76. The van der Waals surface area contributed by atoms with Crippen LogP contribution in [0.2, 0.25) is 0 Å². The monoisotopic (exact) mass is 262 g/mol. The molecule has 0 saturated heterocycles. The van der Waals surface area contributed by atoms with Crippen molar-refractivity contribution in [2.45, 2.75) is 6.54 Å². The van der Waals surface area contributed by atoms with Crippen molar-refractivity contribution >= 4 is 11.9 Å². The third-order valence-electron chi connectivity index (χ3n) is 2.21. The first kappa shape index (κ1) is 12.6. The smallest absolute Gasteiger partial charge is 0.358 e. The molecule has 0 bridgehead atoms. The molecule has 0 fully saturated rings. The first-order chi connectivity index (χ1) is 9.16. The van der Waals surface area contributed by atoms with Gasteiger partial charge >= 0.3 is 5.97 Å². The van der Waals surface area contributed by atoms with Crippen molar-refractivity contribution in [1.29, 1.82) is 0 Å². The van der Waals surface area contributed by atoms with Crippen LogP contribution in [0.15, 0.2) is 24.9 Å². The van der Waals surface area contributed by atoms with Crippen LogP contribution < -0.4 is 5.32 Å². The van der Waals surface area contributed by atoms with Gasteiger partial charge in [0.15, 0.2) is 5.69 Å². The van der Waals surface area contributed by atoms with E-state index in [2.05, 4.69) is 25.6 Å². The molecule has 0 saturated carbocycles. The molecule has 0 aliphatic rings. The van der Waals surface area contributed by atoms with E-state index in [0.29, 0.717) is 12.1 Å². The predicted molar refractivity (Wildman–Crippen MR) is 61.3 cm³/mol. The highest BCUT2D eigenvalue weighted by Crippen LogP contribution is 1.94. The molecule has 2 aromatic heterocycles. The third kappa shape index (κ3) is 3.31. The molecule has 0 atom stereocenters. The summed E-state index contributed by atoms with van der Waals surface area (Å²) in [5.41, 5.74) is 0.218. The van der Waals surface area contributed by atoms with E-state index in [1.165, 1.54) is 29.6 Å². The van der Waals surface area contributed by atoms with Gasteiger partial charge in [-0.05, 0) is 0 Å². The first-order valence-corrected chi connectivity index (χ1v) is 5.33. The van der Waals surface area contributed by atoms with E-state index in [0.717, 1.165) is 0 Å². The van der Waals surface area contributed by atoms with Crippen LogP contribution in [0.25, 0.3) is 0 Å². The highest BCUT2D eigenvalue weighted by molar-refractivity contribution is 5.93. The SMILES string of the molecule is O=C(NCCn1cc(C(=O)O)nn1)c1cncnc1. The van der Waals surface area contributed by atoms with Crippen molar-refractivity contribution in [3.8, 4) is 0 Å². The number of rotatable bonds is 5. The molecule has 0 aliphatic carbocycles. The normalized spacial score (nSPS) is 10.1. The Morgan fingerprint density at radius 1 is 1.32 bits per heavy atom. The zero-order valence-electron chi connectivity index (χ0n) is 9.72. The predicted octanol–water partition coefficient (Wildman–Crippen LogP) is -0.804. The number of aromatic nitrogens is 5. The van der Waals surface area contributed by atoms with Crippen molar-refractivity contribution < 1.29 is 14.7 Å². The van der Waals surface area contributed by atoms with Gasteiger partial charge in [0, 0.05) is 18.9 Å². The van der Waals surface area contributed by atoms with Crippen LogP contribution in [0.5, 0.6) is 0 Å². The molecule has 0 unspecified atom stereocenters. The van der Waals surface area contributed by atoms with Gasteiger partial charge in [-0.1, -0.05) is 5.21 Å². The van der Waals surface area contributed by atoms with Crippen LogP contribution in [0.3, 0.4) is 0 Å². The molecule has 9 heteroatoms. The van der Waals surface area contributed by atoms with Gasteiger partial charge < -0.3 is 10.4 Å². The molecule has 0 aromatic carbocycles. The number of amides is 1. The molecule has 2 rings (SSSR count). The lowest BCUT2D eigenvalue weighted by Crippen LogP contribution is -2.27. The number of carbonyl (C=O) groups is 2. The third-order valence-corrected chi connectivity index (χ3v) is 2.21. The Morgan fingerprint density at radius 2 is 2.05 bits per heavy atom. The summed E-state index contributed by atoms with van der Waals surface area (Å²) < 4.78 is 1.34. The molecule has 2 aromatic rings. The number of hydrogen-bond acceptors (Lipinski definition) is 6. The molecular formula is C10H10N6O3. The van der Waals surface area contributed by atoms with E-state index >= 15 is 0 Å². The average Bonchev–Trinajstić information content (AvgIpc) is 2.89. The van der Waals surface area contributed by atoms with E-state index in [-0.39, 0.29) is 18.1 Å². The maximum absolute atomic E-state index is 11.6. The zero-order chi connectivity index (χ0) is 13.7. The van der Waals surface area contributed by atoms with Gasteiger partial charge in [-0.2, -0.15) is 0 Å². The number of carboxylic acid groups (broad SMARTS) is 1. The van der Waals surface area contributed by atoms with Gasteiger partial charge in [0.25, 0.3) is 5.91 Å². The summed E-state index contributed by atoms with van der Waals surface area (Å²) in [6, 6.07) is 0. The van der Waals surface area contributed by atoms with Crippen LogP contribution in [-0.2, 0) is 6.54 Å². The zero-order valence-corrected chi connectivity index (χ0v) is 9.72. The summed E-state index contributed by atoms with van der Waals surface area (Å²) in [6.07, 6.45) is 5.43. The van der Waals surface area contributed by atoms with Gasteiger partial charge in [-0.15, -0.1) is 5.10 Å². The summed E-state index contributed by atoms with van der Waals surface area (Å²) in [6.45, 7) is 0.607. The first-order valence-electron chi connectivity index (χ1n) is 5.33. The highest BCUT2D eigenvalue weighted by atomic mass is 16.4. The lowest BCUT2D eigenvalue weighted by atomic mass is 10.3. The minimum atomic E-state index is -1.14. The number of aromatic carboxylic acids is 1. The van der Waals surface area contributed by atoms with Crippen LogP contribution in [0.1, 0.15) is 20.8 Å². The van der Waals surface area contributed by atoms with E-state index < -0.39 is 5.97 Å². The molecule has 9 nitrogen and oxygen atoms in total. The molecule has 1 amide bonds. The Morgan fingerprint density at radius 3 is 2.68 bits per heavy atom. The van der Waals surface area contributed by atoms with Gasteiger partial charge in [0.1, 0.15) is 6.33 Å². The number of carboxylic acids is 1. The summed E-state index contributed by atoms with van der Waals surface area (Å²) in [5.74, 6) is -1.45. The molecule has 2 N–H and O–H groups in total.